The summed E-state index contributed by atoms with van der Waals surface area (Å²) < 4.78 is 19.5. The second-order valence-electron chi connectivity index (χ2n) is 4.22. The summed E-state index contributed by atoms with van der Waals surface area (Å²) in [7, 11) is 0. The third-order valence-corrected chi connectivity index (χ3v) is 3.72. The van der Waals surface area contributed by atoms with E-state index >= 15 is 0 Å². The summed E-state index contributed by atoms with van der Waals surface area (Å²) in [5, 5.41) is 3.96. The van der Waals surface area contributed by atoms with Crippen LogP contribution in [0.15, 0.2) is 48.5 Å². The molecule has 0 bridgehead atoms. The highest BCUT2D eigenvalue weighted by Gasteiger charge is 2.04. The van der Waals surface area contributed by atoms with Gasteiger partial charge in [0.2, 0.25) is 0 Å². The highest BCUT2D eigenvalue weighted by molar-refractivity contribution is 7.22. The van der Waals surface area contributed by atoms with Gasteiger partial charge in [0.15, 0.2) is 5.13 Å². The number of rotatable bonds is 5. The zero-order valence-corrected chi connectivity index (χ0v) is 11.5. The Bertz CT molecular complexity index is 699. The van der Waals surface area contributed by atoms with E-state index in [1.165, 1.54) is 23.5 Å². The molecular formula is C15H13FN2OS. The van der Waals surface area contributed by atoms with Crippen LogP contribution >= 0.6 is 11.3 Å². The first-order chi connectivity index (χ1) is 9.81. The van der Waals surface area contributed by atoms with Crippen molar-refractivity contribution in [1.82, 2.24) is 4.98 Å². The smallest absolute Gasteiger partial charge is 0.183 e. The molecule has 0 radical (unpaired) electrons. The van der Waals surface area contributed by atoms with Crippen molar-refractivity contribution < 1.29 is 9.13 Å². The number of fused-ring (bicyclic) bond motifs is 1. The fraction of sp³-hybridized carbons (Fsp3) is 0.133. The van der Waals surface area contributed by atoms with Gasteiger partial charge in [0.05, 0.1) is 16.8 Å². The van der Waals surface area contributed by atoms with Crippen molar-refractivity contribution >= 4 is 26.7 Å². The van der Waals surface area contributed by atoms with Gasteiger partial charge in [0.25, 0.3) is 0 Å². The number of hydrogen-bond acceptors (Lipinski definition) is 4. The third kappa shape index (κ3) is 3.05. The van der Waals surface area contributed by atoms with Gasteiger partial charge in [-0.05, 0) is 30.3 Å². The molecule has 3 nitrogen and oxygen atoms in total. The van der Waals surface area contributed by atoms with Crippen molar-refractivity contribution in [2.75, 3.05) is 18.5 Å². The Balaban J connectivity index is 1.55. The van der Waals surface area contributed by atoms with E-state index in [-0.39, 0.29) is 5.82 Å². The van der Waals surface area contributed by atoms with Crippen LogP contribution < -0.4 is 10.1 Å². The van der Waals surface area contributed by atoms with E-state index < -0.39 is 0 Å². The Morgan fingerprint density at radius 2 is 2.00 bits per heavy atom. The van der Waals surface area contributed by atoms with E-state index in [2.05, 4.69) is 10.3 Å². The van der Waals surface area contributed by atoms with E-state index in [1.807, 2.05) is 30.3 Å². The number of halogens is 1. The molecule has 0 spiro atoms. The molecule has 0 aliphatic carbocycles. The second kappa shape index (κ2) is 5.88. The third-order valence-electron chi connectivity index (χ3n) is 2.74. The quantitative estimate of drug-likeness (QED) is 0.722. The predicted octanol–water partition coefficient (Wildman–Crippen LogP) is 3.93. The average Bonchev–Trinajstić information content (AvgIpc) is 2.86. The number of hydrogen-bond donors (Lipinski definition) is 1. The molecule has 0 saturated carbocycles. The second-order valence-corrected chi connectivity index (χ2v) is 5.25. The topological polar surface area (TPSA) is 34.2 Å². The summed E-state index contributed by atoms with van der Waals surface area (Å²) in [6.45, 7) is 1.20. The highest BCUT2D eigenvalue weighted by Crippen LogP contribution is 2.26. The SMILES string of the molecule is Fc1ccc2nc(NCCOc3ccccc3)sc2c1. The number of nitrogens with zero attached hydrogens (tertiary/aromatic N) is 1. The maximum absolute atomic E-state index is 13.1. The fourth-order valence-electron chi connectivity index (χ4n) is 1.82. The van der Waals surface area contributed by atoms with Crippen molar-refractivity contribution in [2.24, 2.45) is 0 Å². The van der Waals surface area contributed by atoms with Crippen LogP contribution in [0.2, 0.25) is 0 Å². The first-order valence-electron chi connectivity index (χ1n) is 6.29. The Morgan fingerprint density at radius 1 is 1.15 bits per heavy atom. The summed E-state index contributed by atoms with van der Waals surface area (Å²) >= 11 is 1.44. The standard InChI is InChI=1S/C15H13FN2OS/c16-11-6-7-13-14(10-11)20-15(18-13)17-8-9-19-12-4-2-1-3-5-12/h1-7,10H,8-9H2,(H,17,18). The average molecular weight is 288 g/mol. The van der Waals surface area contributed by atoms with Gasteiger partial charge >= 0.3 is 0 Å². The van der Waals surface area contributed by atoms with E-state index in [1.54, 1.807) is 6.07 Å². The molecule has 1 N–H and O–H groups in total. The van der Waals surface area contributed by atoms with Gasteiger partial charge in [-0.1, -0.05) is 29.5 Å². The lowest BCUT2D eigenvalue weighted by molar-refractivity contribution is 0.333. The van der Waals surface area contributed by atoms with Gasteiger partial charge in [-0.3, -0.25) is 0 Å². The molecular weight excluding hydrogens is 275 g/mol. The van der Waals surface area contributed by atoms with Crippen LogP contribution in [0.1, 0.15) is 0 Å². The molecule has 0 amide bonds. The predicted molar refractivity (Wildman–Crippen MR) is 80.0 cm³/mol. The summed E-state index contributed by atoms with van der Waals surface area (Å²) in [4.78, 5) is 4.38. The molecule has 0 saturated heterocycles. The van der Waals surface area contributed by atoms with Gasteiger partial charge in [-0.15, -0.1) is 0 Å². The molecule has 5 heteroatoms. The van der Waals surface area contributed by atoms with E-state index in [9.17, 15) is 4.39 Å². The molecule has 0 aliphatic rings. The van der Waals surface area contributed by atoms with Crippen molar-refractivity contribution in [3.63, 3.8) is 0 Å². The van der Waals surface area contributed by atoms with Crippen LogP contribution in [0.3, 0.4) is 0 Å². The van der Waals surface area contributed by atoms with Crippen molar-refractivity contribution in [3.05, 3.63) is 54.3 Å². The number of para-hydroxylation sites is 1. The largest absolute Gasteiger partial charge is 0.492 e. The molecule has 20 heavy (non-hydrogen) atoms. The molecule has 1 heterocycles. The van der Waals surface area contributed by atoms with Crippen molar-refractivity contribution in [3.8, 4) is 5.75 Å². The molecule has 2 aromatic carbocycles. The minimum Gasteiger partial charge on any atom is -0.492 e. The first-order valence-corrected chi connectivity index (χ1v) is 7.11. The van der Waals surface area contributed by atoms with Gasteiger partial charge in [-0.25, -0.2) is 9.37 Å². The number of benzene rings is 2. The van der Waals surface area contributed by atoms with Crippen LogP contribution in [0, 0.1) is 5.82 Å². The lowest BCUT2D eigenvalue weighted by atomic mass is 10.3. The monoisotopic (exact) mass is 288 g/mol. The minimum absolute atomic E-state index is 0.236. The highest BCUT2D eigenvalue weighted by atomic mass is 32.1. The zero-order valence-electron chi connectivity index (χ0n) is 10.7. The Hall–Kier alpha value is -2.14. The van der Waals surface area contributed by atoms with Crippen LogP contribution in [0.4, 0.5) is 9.52 Å². The number of thiazole rings is 1. The Kier molecular flexibility index (Phi) is 3.78. The summed E-state index contributed by atoms with van der Waals surface area (Å²) in [5.41, 5.74) is 0.808. The number of anilines is 1. The molecule has 0 fully saturated rings. The Labute approximate surface area is 120 Å². The van der Waals surface area contributed by atoms with Gasteiger partial charge in [0.1, 0.15) is 18.2 Å². The van der Waals surface area contributed by atoms with Crippen LogP contribution in [-0.4, -0.2) is 18.1 Å². The summed E-state index contributed by atoms with van der Waals surface area (Å²) in [6.07, 6.45) is 0. The number of ether oxygens (including phenoxy) is 1. The first kappa shape index (κ1) is 12.9. The Morgan fingerprint density at radius 3 is 2.85 bits per heavy atom. The van der Waals surface area contributed by atoms with Crippen molar-refractivity contribution in [1.29, 1.82) is 0 Å². The lowest BCUT2D eigenvalue weighted by Crippen LogP contribution is -2.11. The molecule has 3 rings (SSSR count). The van der Waals surface area contributed by atoms with Crippen LogP contribution in [0.25, 0.3) is 10.2 Å². The molecule has 1 aromatic heterocycles. The van der Waals surface area contributed by atoms with Gasteiger partial charge in [-0.2, -0.15) is 0 Å². The molecule has 0 atom stereocenters. The van der Waals surface area contributed by atoms with Gasteiger partial charge in [0, 0.05) is 0 Å². The summed E-state index contributed by atoms with van der Waals surface area (Å²) in [6, 6.07) is 14.3. The fourth-order valence-corrected chi connectivity index (χ4v) is 2.73. The van der Waals surface area contributed by atoms with E-state index in [0.29, 0.717) is 13.2 Å². The lowest BCUT2D eigenvalue weighted by Gasteiger charge is -2.05. The zero-order chi connectivity index (χ0) is 13.8. The maximum atomic E-state index is 13.1. The van der Waals surface area contributed by atoms with E-state index in [0.717, 1.165) is 21.1 Å². The maximum Gasteiger partial charge on any atom is 0.183 e. The number of aromatic nitrogens is 1. The molecule has 3 aromatic rings. The number of nitrogens with one attached hydrogen (secondary N) is 1. The molecule has 0 unspecified atom stereocenters. The minimum atomic E-state index is -0.236. The summed E-state index contributed by atoms with van der Waals surface area (Å²) in [5.74, 6) is 0.612. The van der Waals surface area contributed by atoms with Gasteiger partial charge < -0.3 is 10.1 Å². The van der Waals surface area contributed by atoms with Crippen LogP contribution in [0.5, 0.6) is 5.75 Å². The normalized spacial score (nSPS) is 10.7. The molecule has 0 aliphatic heterocycles. The van der Waals surface area contributed by atoms with Crippen molar-refractivity contribution in [2.45, 2.75) is 0 Å². The van der Waals surface area contributed by atoms with E-state index in [4.69, 9.17) is 4.74 Å². The molecule has 102 valence electrons. The van der Waals surface area contributed by atoms with Crippen LogP contribution in [-0.2, 0) is 0 Å².